The summed E-state index contributed by atoms with van der Waals surface area (Å²) >= 11 is 23.4. The van der Waals surface area contributed by atoms with Gasteiger partial charge in [0, 0.05) is 40.9 Å². The Morgan fingerprint density at radius 2 is 1.17 bits per heavy atom. The summed E-state index contributed by atoms with van der Waals surface area (Å²) < 4.78 is 33.2. The van der Waals surface area contributed by atoms with Crippen molar-refractivity contribution in [1.82, 2.24) is 9.97 Å². The molecule has 0 radical (unpaired) electrons. The molecule has 2 aromatic carbocycles. The number of halogens is 5. The van der Waals surface area contributed by atoms with E-state index < -0.39 is 9.05 Å². The molecule has 0 saturated carbocycles. The summed E-state index contributed by atoms with van der Waals surface area (Å²) in [4.78, 5) is 7.65. The van der Waals surface area contributed by atoms with Crippen molar-refractivity contribution >= 4 is 71.8 Å². The van der Waals surface area contributed by atoms with Crippen LogP contribution in [0.15, 0.2) is 78.2 Å². The zero-order valence-corrected chi connectivity index (χ0v) is 21.9. The maximum Gasteiger partial charge on any atom is 0.261 e. The lowest BCUT2D eigenvalue weighted by Gasteiger charge is -2.08. The average molecular weight is 594 g/mol. The minimum atomic E-state index is -3.82. The smallest absolute Gasteiger partial charge is 0.261 e. The second kappa shape index (κ2) is 12.0. The molecular formula is C22H14Cl5N3O4S. The van der Waals surface area contributed by atoms with Crippen LogP contribution in [-0.4, -0.2) is 18.4 Å². The van der Waals surface area contributed by atoms with Crippen LogP contribution in [0.25, 0.3) is 0 Å². The molecule has 35 heavy (non-hydrogen) atoms. The number of aromatic nitrogens is 2. The number of rotatable bonds is 5. The molecule has 0 aliphatic carbocycles. The molecule has 2 N–H and O–H groups in total. The zero-order valence-electron chi connectivity index (χ0n) is 17.3. The van der Waals surface area contributed by atoms with E-state index in [1.807, 2.05) is 0 Å². The van der Waals surface area contributed by atoms with Gasteiger partial charge in [-0.3, -0.25) is 9.97 Å². The van der Waals surface area contributed by atoms with E-state index in [0.717, 1.165) is 0 Å². The van der Waals surface area contributed by atoms with Gasteiger partial charge in [-0.25, -0.2) is 8.42 Å². The summed E-state index contributed by atoms with van der Waals surface area (Å²) in [6, 6.07) is 12.1. The molecule has 0 unspecified atom stereocenters. The van der Waals surface area contributed by atoms with Gasteiger partial charge in [-0.05, 0) is 36.4 Å². The highest BCUT2D eigenvalue weighted by Crippen LogP contribution is 2.33. The molecule has 0 spiro atoms. The second-order valence-corrected chi connectivity index (χ2v) is 10.9. The fourth-order valence-electron chi connectivity index (χ4n) is 2.47. The Morgan fingerprint density at radius 3 is 1.60 bits per heavy atom. The summed E-state index contributed by atoms with van der Waals surface area (Å²) in [6.45, 7) is 0. The Kier molecular flexibility index (Phi) is 9.29. The van der Waals surface area contributed by atoms with Gasteiger partial charge < -0.3 is 15.2 Å². The number of nitrogen functional groups attached to an aromatic ring is 1. The van der Waals surface area contributed by atoms with Crippen LogP contribution >= 0.6 is 57.1 Å². The third-order valence-corrected chi connectivity index (χ3v) is 6.31. The topological polar surface area (TPSA) is 104 Å². The lowest BCUT2D eigenvalue weighted by molar-refractivity contribution is 0.480. The molecule has 0 aliphatic heterocycles. The third-order valence-electron chi connectivity index (χ3n) is 3.96. The lowest BCUT2D eigenvalue weighted by Crippen LogP contribution is -1.92. The van der Waals surface area contributed by atoms with E-state index in [1.54, 1.807) is 36.5 Å². The Hall–Kier alpha value is -2.46. The molecule has 4 rings (SSSR count). The van der Waals surface area contributed by atoms with Gasteiger partial charge in [-0.2, -0.15) is 0 Å². The molecule has 7 nitrogen and oxygen atoms in total. The van der Waals surface area contributed by atoms with Crippen LogP contribution in [0.4, 0.5) is 5.69 Å². The van der Waals surface area contributed by atoms with Crippen LogP contribution in [0.5, 0.6) is 23.0 Å². The molecule has 4 aromatic rings. The van der Waals surface area contributed by atoms with E-state index in [4.69, 9.17) is 72.3 Å². The van der Waals surface area contributed by atoms with Crippen molar-refractivity contribution in [2.24, 2.45) is 0 Å². The first-order valence-corrected chi connectivity index (χ1v) is 13.2. The first-order chi connectivity index (χ1) is 16.5. The van der Waals surface area contributed by atoms with E-state index >= 15 is 0 Å². The van der Waals surface area contributed by atoms with Crippen molar-refractivity contribution in [1.29, 1.82) is 0 Å². The molecule has 0 saturated heterocycles. The van der Waals surface area contributed by atoms with Gasteiger partial charge in [-0.15, -0.1) is 0 Å². The van der Waals surface area contributed by atoms with Crippen LogP contribution in [0, 0.1) is 0 Å². The van der Waals surface area contributed by atoms with Crippen LogP contribution in [0.2, 0.25) is 20.1 Å². The van der Waals surface area contributed by atoms with Crippen LogP contribution in [0.1, 0.15) is 0 Å². The maximum absolute atomic E-state index is 11.1. The molecule has 0 bridgehead atoms. The normalized spacial score (nSPS) is 10.8. The quantitative estimate of drug-likeness (QED) is 0.185. The van der Waals surface area contributed by atoms with E-state index in [2.05, 4.69) is 9.97 Å². The highest BCUT2D eigenvalue weighted by molar-refractivity contribution is 8.13. The molecule has 0 aliphatic rings. The van der Waals surface area contributed by atoms with Gasteiger partial charge >= 0.3 is 0 Å². The van der Waals surface area contributed by atoms with Gasteiger partial charge in [0.1, 0.15) is 23.0 Å². The number of benzene rings is 2. The van der Waals surface area contributed by atoms with Crippen molar-refractivity contribution in [2.75, 3.05) is 5.73 Å². The number of nitrogens with zero attached hydrogens (tertiary/aromatic N) is 2. The monoisotopic (exact) mass is 591 g/mol. The molecule has 2 aromatic heterocycles. The third kappa shape index (κ3) is 8.31. The van der Waals surface area contributed by atoms with Gasteiger partial charge in [0.05, 0.1) is 37.4 Å². The van der Waals surface area contributed by atoms with Crippen molar-refractivity contribution in [3.8, 4) is 23.0 Å². The number of hydrogen-bond donors (Lipinski definition) is 1. The molecule has 0 atom stereocenters. The standard InChI is InChI=1S/C11H6Cl3NO3S.C11H8Cl2N2O/c12-7-3-8(6-15-5-7)18-11-2-1-9(4-10(11)13)19(14,16)17;12-7-3-9(6-15-5-7)16-11-2-1-8(14)4-10(11)13/h1-6H;1-6H,14H2. The fraction of sp³-hybridized carbons (Fsp3) is 0. The van der Waals surface area contributed by atoms with Crippen molar-refractivity contribution in [2.45, 2.75) is 4.90 Å². The van der Waals surface area contributed by atoms with Crippen molar-refractivity contribution < 1.29 is 17.9 Å². The predicted octanol–water partition coefficient (Wildman–Crippen LogP) is 7.87. The SMILES string of the molecule is Nc1ccc(Oc2cncc(Cl)c2)c(Cl)c1.O=S(=O)(Cl)c1ccc(Oc2cncc(Cl)c2)c(Cl)c1. The van der Waals surface area contributed by atoms with Crippen LogP contribution in [0.3, 0.4) is 0 Å². The van der Waals surface area contributed by atoms with Crippen molar-refractivity contribution in [3.05, 3.63) is 93.4 Å². The maximum atomic E-state index is 11.1. The minimum Gasteiger partial charge on any atom is -0.454 e. The molecule has 182 valence electrons. The number of ether oxygens (including phenoxy) is 2. The van der Waals surface area contributed by atoms with Gasteiger partial charge in [0.2, 0.25) is 0 Å². The number of hydrogen-bond acceptors (Lipinski definition) is 7. The highest BCUT2D eigenvalue weighted by atomic mass is 35.7. The number of nitrogens with two attached hydrogens (primary N) is 1. The Bertz CT molecular complexity index is 1450. The Labute approximate surface area is 225 Å². The summed E-state index contributed by atoms with van der Waals surface area (Å²) in [6.07, 6.45) is 5.99. The highest BCUT2D eigenvalue weighted by Gasteiger charge is 2.13. The molecular weight excluding hydrogens is 580 g/mol. The Morgan fingerprint density at radius 1 is 0.686 bits per heavy atom. The molecule has 0 fully saturated rings. The predicted molar refractivity (Wildman–Crippen MR) is 139 cm³/mol. The zero-order chi connectivity index (χ0) is 25.6. The van der Waals surface area contributed by atoms with Gasteiger partial charge in [0.25, 0.3) is 9.05 Å². The summed E-state index contributed by atoms with van der Waals surface area (Å²) in [5.41, 5.74) is 6.16. The first kappa shape index (κ1) is 27.1. The lowest BCUT2D eigenvalue weighted by atomic mass is 10.3. The van der Waals surface area contributed by atoms with Crippen LogP contribution in [-0.2, 0) is 9.05 Å². The number of anilines is 1. The summed E-state index contributed by atoms with van der Waals surface area (Å²) in [5, 5.41) is 1.47. The summed E-state index contributed by atoms with van der Waals surface area (Å²) in [5.74, 6) is 1.70. The molecule has 2 heterocycles. The summed E-state index contributed by atoms with van der Waals surface area (Å²) in [7, 11) is 1.39. The van der Waals surface area contributed by atoms with Gasteiger partial charge in [-0.1, -0.05) is 46.4 Å². The minimum absolute atomic E-state index is 0.101. The van der Waals surface area contributed by atoms with Crippen molar-refractivity contribution in [3.63, 3.8) is 0 Å². The van der Waals surface area contributed by atoms with Gasteiger partial charge in [0.15, 0.2) is 0 Å². The van der Waals surface area contributed by atoms with Crippen LogP contribution < -0.4 is 15.2 Å². The van der Waals surface area contributed by atoms with E-state index in [1.165, 1.54) is 36.8 Å². The first-order valence-electron chi connectivity index (χ1n) is 9.37. The molecule has 0 amide bonds. The largest absolute Gasteiger partial charge is 0.454 e. The molecule has 13 heteroatoms. The van der Waals surface area contributed by atoms with E-state index in [0.29, 0.717) is 38.0 Å². The fourth-order valence-corrected chi connectivity index (χ4v) is 4.08. The second-order valence-electron chi connectivity index (χ2n) is 6.60. The number of pyridine rings is 2. The van der Waals surface area contributed by atoms with E-state index in [-0.39, 0.29) is 15.7 Å². The van der Waals surface area contributed by atoms with E-state index in [9.17, 15) is 8.42 Å². The average Bonchev–Trinajstić information content (AvgIpc) is 2.77. The Balaban J connectivity index is 0.000000198.